The number of hydrogen-bond acceptors (Lipinski definition) is 9. The van der Waals surface area contributed by atoms with Gasteiger partial charge in [0.2, 0.25) is 23.1 Å². The first-order chi connectivity index (χ1) is 19.2. The second-order valence-corrected chi connectivity index (χ2v) is 10.4. The molecule has 40 heavy (non-hydrogen) atoms. The van der Waals surface area contributed by atoms with Gasteiger partial charge in [-0.15, -0.1) is 0 Å². The summed E-state index contributed by atoms with van der Waals surface area (Å²) >= 11 is 6.53. The van der Waals surface area contributed by atoms with E-state index in [9.17, 15) is 19.2 Å². The van der Waals surface area contributed by atoms with E-state index in [2.05, 4.69) is 5.32 Å². The minimum Gasteiger partial charge on any atom is -0.497 e. The van der Waals surface area contributed by atoms with Crippen molar-refractivity contribution < 1.29 is 37.7 Å². The lowest BCUT2D eigenvalue weighted by atomic mass is 9.66. The monoisotopic (exact) mass is 565 g/mol. The lowest BCUT2D eigenvalue weighted by Gasteiger charge is -2.41. The summed E-state index contributed by atoms with van der Waals surface area (Å²) in [4.78, 5) is 55.0. The maximum atomic E-state index is 14.5. The van der Waals surface area contributed by atoms with Crippen molar-refractivity contribution >= 4 is 40.0 Å². The van der Waals surface area contributed by atoms with E-state index in [1.54, 1.807) is 19.1 Å². The molecule has 2 aromatic carbocycles. The topological polar surface area (TPSA) is 130 Å². The predicted octanol–water partition coefficient (Wildman–Crippen LogP) is 3.95. The molecule has 0 fully saturated rings. The first-order valence-corrected chi connectivity index (χ1v) is 12.9. The normalized spacial score (nSPS) is 23.6. The van der Waals surface area contributed by atoms with Crippen LogP contribution >= 0.6 is 11.6 Å². The zero-order valence-corrected chi connectivity index (χ0v) is 22.8. The number of benzene rings is 2. The molecule has 1 amide bonds. The molecule has 11 heteroatoms. The number of ketones is 2. The molecule has 6 rings (SSSR count). The number of ether oxygens (including phenoxy) is 4. The summed E-state index contributed by atoms with van der Waals surface area (Å²) in [6.45, 7) is 1.69. The average molecular weight is 566 g/mol. The minimum atomic E-state index is -1.98. The van der Waals surface area contributed by atoms with Crippen molar-refractivity contribution in [3.63, 3.8) is 0 Å². The average Bonchev–Trinajstić information content (AvgIpc) is 3.26. The van der Waals surface area contributed by atoms with E-state index >= 15 is 0 Å². The van der Waals surface area contributed by atoms with Gasteiger partial charge in [-0.2, -0.15) is 0 Å². The smallest absolute Gasteiger partial charge is 0.236 e. The summed E-state index contributed by atoms with van der Waals surface area (Å²) in [5, 5.41) is 3.04. The van der Waals surface area contributed by atoms with E-state index in [0.29, 0.717) is 17.0 Å². The molecule has 1 aliphatic carbocycles. The summed E-state index contributed by atoms with van der Waals surface area (Å²) in [7, 11) is 4.27. The van der Waals surface area contributed by atoms with E-state index < -0.39 is 34.4 Å². The van der Waals surface area contributed by atoms with E-state index in [1.807, 2.05) is 0 Å². The second kappa shape index (κ2) is 9.12. The van der Waals surface area contributed by atoms with Gasteiger partial charge in [-0.25, -0.2) is 0 Å². The molecule has 3 aliphatic rings. The van der Waals surface area contributed by atoms with E-state index in [1.165, 1.54) is 39.7 Å². The lowest BCUT2D eigenvalue weighted by Crippen LogP contribution is -2.59. The third-order valence-corrected chi connectivity index (χ3v) is 8.30. The largest absolute Gasteiger partial charge is 0.497 e. The van der Waals surface area contributed by atoms with Crippen LogP contribution in [0.5, 0.6) is 23.0 Å². The first-order valence-electron chi connectivity index (χ1n) is 12.5. The van der Waals surface area contributed by atoms with Crippen LogP contribution < -0.4 is 29.7 Å². The number of halogens is 1. The van der Waals surface area contributed by atoms with E-state index in [4.69, 9.17) is 35.0 Å². The molecule has 3 heterocycles. The van der Waals surface area contributed by atoms with Crippen LogP contribution in [0.15, 0.2) is 51.0 Å². The van der Waals surface area contributed by atoms with Gasteiger partial charge in [-0.3, -0.25) is 19.2 Å². The molecular weight excluding hydrogens is 542 g/mol. The summed E-state index contributed by atoms with van der Waals surface area (Å²) in [5.74, 6) is -2.50. The van der Waals surface area contributed by atoms with Crippen LogP contribution in [0.3, 0.4) is 0 Å². The van der Waals surface area contributed by atoms with Crippen molar-refractivity contribution in [3.8, 4) is 23.0 Å². The molecule has 206 valence electrons. The molecule has 3 aromatic rings. The number of methoxy groups -OCH3 is 3. The Morgan fingerprint density at radius 2 is 1.73 bits per heavy atom. The predicted molar refractivity (Wildman–Crippen MR) is 143 cm³/mol. The maximum absolute atomic E-state index is 14.5. The van der Waals surface area contributed by atoms with E-state index in [0.717, 1.165) is 0 Å². The molecule has 10 nitrogen and oxygen atoms in total. The summed E-state index contributed by atoms with van der Waals surface area (Å²) in [6.07, 6.45) is 1.20. The highest BCUT2D eigenvalue weighted by atomic mass is 35.5. The Bertz CT molecular complexity index is 1740. The van der Waals surface area contributed by atoms with Gasteiger partial charge in [0.15, 0.2) is 11.2 Å². The summed E-state index contributed by atoms with van der Waals surface area (Å²) in [6, 6.07) is 6.26. The molecule has 0 saturated heterocycles. The number of amides is 1. The standard InChI is InChI=1S/C29H24ClNO9/c1-12-7-17-22(27(34)29(12)28(35)23-19(37-3)10-20(38-4)24(30)26(23)40-29)14(9-21(32)31-17)16-11-39-18-6-5-13(36-2)8-15(18)25(16)33/h5-6,8,10-12,14H,7,9H2,1-4H3,(H,31,32). The van der Waals surface area contributed by atoms with Gasteiger partial charge in [-0.05, 0) is 24.6 Å². The molecule has 0 bridgehead atoms. The number of allylic oxidation sites excluding steroid dienone is 1. The van der Waals surface area contributed by atoms with Crippen molar-refractivity contribution in [1.82, 2.24) is 5.32 Å². The number of carbonyl (C=O) groups excluding carboxylic acids is 3. The Morgan fingerprint density at radius 3 is 2.42 bits per heavy atom. The SMILES string of the molecule is COc1ccc2occ(C3CC(=O)NC4=C3C(=O)C3(Oc5c(Cl)c(OC)cc(OC)c5C3=O)C(C)C4)c(=O)c2c1. The van der Waals surface area contributed by atoms with Gasteiger partial charge >= 0.3 is 0 Å². The Hall–Kier alpha value is -4.31. The Balaban J connectivity index is 1.52. The summed E-state index contributed by atoms with van der Waals surface area (Å²) < 4.78 is 28.0. The molecule has 2 aliphatic heterocycles. The van der Waals surface area contributed by atoms with Gasteiger partial charge < -0.3 is 28.7 Å². The van der Waals surface area contributed by atoms with E-state index in [-0.39, 0.29) is 63.1 Å². The van der Waals surface area contributed by atoms with Crippen LogP contribution in [0.4, 0.5) is 0 Å². The quantitative estimate of drug-likeness (QED) is 0.467. The fourth-order valence-electron chi connectivity index (χ4n) is 5.95. The lowest BCUT2D eigenvalue weighted by molar-refractivity contribution is -0.131. The number of rotatable bonds is 4. The van der Waals surface area contributed by atoms with Crippen molar-refractivity contribution in [1.29, 1.82) is 0 Å². The molecule has 0 saturated carbocycles. The molecule has 3 unspecified atom stereocenters. The molecule has 0 radical (unpaired) electrons. The molecule has 1 aromatic heterocycles. The fraction of sp³-hybridized carbons (Fsp3) is 0.310. The van der Waals surface area contributed by atoms with Crippen LogP contribution in [-0.2, 0) is 9.59 Å². The molecule has 3 atom stereocenters. The van der Waals surface area contributed by atoms with Gasteiger partial charge in [0.25, 0.3) is 0 Å². The number of fused-ring (bicyclic) bond motifs is 2. The highest BCUT2D eigenvalue weighted by Crippen LogP contribution is 2.55. The second-order valence-electron chi connectivity index (χ2n) is 9.98. The zero-order valence-electron chi connectivity index (χ0n) is 22.0. The Kier molecular flexibility index (Phi) is 5.92. The minimum absolute atomic E-state index is 0.0131. The number of hydrogen-bond donors (Lipinski definition) is 1. The van der Waals surface area contributed by atoms with Crippen molar-refractivity contribution in [2.45, 2.75) is 31.3 Å². The van der Waals surface area contributed by atoms with Gasteiger partial charge in [0, 0.05) is 41.2 Å². The highest BCUT2D eigenvalue weighted by molar-refractivity contribution is 6.36. The molecule has 1 N–H and O–H groups in total. The Labute approximate surface area is 232 Å². The van der Waals surface area contributed by atoms with Crippen molar-refractivity contribution in [3.05, 3.63) is 68.2 Å². The van der Waals surface area contributed by atoms with Crippen LogP contribution in [0.25, 0.3) is 11.0 Å². The zero-order chi connectivity index (χ0) is 28.5. The molecule has 1 spiro atoms. The highest BCUT2D eigenvalue weighted by Gasteiger charge is 2.63. The summed E-state index contributed by atoms with van der Waals surface area (Å²) in [5.41, 5.74) is -1.46. The first kappa shape index (κ1) is 25.9. The number of carbonyl (C=O) groups is 3. The van der Waals surface area contributed by atoms with Crippen LogP contribution in [0.2, 0.25) is 5.02 Å². The third kappa shape index (κ3) is 3.41. The van der Waals surface area contributed by atoms with Crippen LogP contribution in [-0.4, -0.2) is 44.4 Å². The van der Waals surface area contributed by atoms with Crippen molar-refractivity contribution in [2.75, 3.05) is 21.3 Å². The van der Waals surface area contributed by atoms with Gasteiger partial charge in [-0.1, -0.05) is 18.5 Å². The number of nitrogens with one attached hydrogen (secondary N) is 1. The fourth-order valence-corrected chi connectivity index (χ4v) is 6.21. The van der Waals surface area contributed by atoms with Crippen LogP contribution in [0.1, 0.15) is 41.6 Å². The van der Waals surface area contributed by atoms with Crippen molar-refractivity contribution in [2.24, 2.45) is 5.92 Å². The van der Waals surface area contributed by atoms with Gasteiger partial charge in [0.05, 0.1) is 33.0 Å². The third-order valence-electron chi connectivity index (χ3n) is 7.94. The maximum Gasteiger partial charge on any atom is 0.236 e. The Morgan fingerprint density at radius 1 is 0.975 bits per heavy atom. The number of Topliss-reactive ketones (excluding diaryl/α,β-unsaturated/α-hetero) is 2. The molecular formula is C29H24ClNO9. The van der Waals surface area contributed by atoms with Gasteiger partial charge in [0.1, 0.15) is 33.4 Å². The van der Waals surface area contributed by atoms with Crippen LogP contribution in [0, 0.1) is 5.92 Å².